The number of para-hydroxylation sites is 1. The van der Waals surface area contributed by atoms with Crippen molar-refractivity contribution in [2.75, 3.05) is 11.4 Å². The third-order valence-electron chi connectivity index (χ3n) is 5.08. The summed E-state index contributed by atoms with van der Waals surface area (Å²) in [4.78, 5) is 3.58. The summed E-state index contributed by atoms with van der Waals surface area (Å²) in [6, 6.07) is 12.3. The number of rotatable bonds is 3. The van der Waals surface area contributed by atoms with Gasteiger partial charge in [0.25, 0.3) is 0 Å². The van der Waals surface area contributed by atoms with Gasteiger partial charge in [-0.2, -0.15) is 0 Å². The van der Waals surface area contributed by atoms with E-state index in [1.165, 1.54) is 10.6 Å². The van der Waals surface area contributed by atoms with E-state index in [-0.39, 0.29) is 0 Å². The van der Waals surface area contributed by atoms with E-state index < -0.39 is 0 Å². The van der Waals surface area contributed by atoms with Crippen LogP contribution in [-0.4, -0.2) is 11.1 Å². The lowest BCUT2D eigenvalue weighted by Crippen LogP contribution is -2.35. The van der Waals surface area contributed by atoms with Crippen LogP contribution in [0.1, 0.15) is 26.6 Å². The fraction of sp³-hybridized carbons (Fsp3) is 0.261. The molecule has 1 aliphatic rings. The molecule has 6 heteroatoms. The highest BCUT2D eigenvalue weighted by Crippen LogP contribution is 2.45. The number of benzene rings is 2. The van der Waals surface area contributed by atoms with E-state index >= 15 is 0 Å². The molecular formula is C23H22Cl2N3S+. The predicted molar refractivity (Wildman–Crippen MR) is 124 cm³/mol. The smallest absolute Gasteiger partial charge is 0.335 e. The Hall–Kier alpha value is -2.06. The molecule has 148 valence electrons. The summed E-state index contributed by atoms with van der Waals surface area (Å²) in [5.74, 6) is 7.65. The first-order chi connectivity index (χ1) is 14.1. The minimum Gasteiger partial charge on any atom is -0.335 e. The minimum atomic E-state index is 0.565. The molecule has 1 aliphatic heterocycles. The molecule has 0 amide bonds. The fourth-order valence-electron chi connectivity index (χ4n) is 3.76. The molecule has 0 spiro atoms. The number of allylic oxidation sites excluding steroid dienone is 1. The molecule has 4 rings (SSSR count). The Morgan fingerprint density at radius 2 is 1.83 bits per heavy atom. The number of anilines is 1. The molecule has 0 unspecified atom stereocenters. The Balaban J connectivity index is 1.78. The van der Waals surface area contributed by atoms with Crippen LogP contribution in [-0.2, 0) is 13.1 Å². The van der Waals surface area contributed by atoms with Crippen LogP contribution in [0.5, 0.6) is 0 Å². The van der Waals surface area contributed by atoms with Gasteiger partial charge in [-0.15, -0.1) is 0 Å². The molecule has 0 N–H and O–H groups in total. The second kappa shape index (κ2) is 8.36. The Morgan fingerprint density at radius 1 is 1.07 bits per heavy atom. The molecule has 2 aromatic carbocycles. The van der Waals surface area contributed by atoms with Gasteiger partial charge in [0, 0.05) is 35.6 Å². The molecule has 0 bridgehead atoms. The number of hydrogen-bond donors (Lipinski definition) is 0. The van der Waals surface area contributed by atoms with Crippen molar-refractivity contribution in [3.05, 3.63) is 63.4 Å². The lowest BCUT2D eigenvalue weighted by atomic mass is 10.3. The lowest BCUT2D eigenvalue weighted by Gasteiger charge is -2.16. The zero-order valence-corrected chi connectivity index (χ0v) is 19.0. The molecule has 3 nitrogen and oxygen atoms in total. The van der Waals surface area contributed by atoms with Crippen LogP contribution in [0, 0.1) is 11.8 Å². The Kier molecular flexibility index (Phi) is 5.83. The quantitative estimate of drug-likeness (QED) is 0.358. The van der Waals surface area contributed by atoms with Gasteiger partial charge in [0.05, 0.1) is 33.9 Å². The van der Waals surface area contributed by atoms with Gasteiger partial charge in [-0.1, -0.05) is 53.0 Å². The van der Waals surface area contributed by atoms with Crippen LogP contribution in [0.25, 0.3) is 11.0 Å². The molecule has 1 aromatic heterocycles. The molecule has 0 saturated heterocycles. The van der Waals surface area contributed by atoms with Crippen molar-refractivity contribution in [2.24, 2.45) is 0 Å². The summed E-state index contributed by atoms with van der Waals surface area (Å²) in [5, 5.41) is 2.29. The van der Waals surface area contributed by atoms with Gasteiger partial charge in [-0.3, -0.25) is 0 Å². The molecule has 0 fully saturated rings. The van der Waals surface area contributed by atoms with Crippen LogP contribution >= 0.6 is 35.0 Å². The number of nitrogens with zero attached hydrogens (tertiary/aromatic N) is 3. The molecule has 2 heterocycles. The summed E-state index contributed by atoms with van der Waals surface area (Å²) >= 11 is 14.3. The highest BCUT2D eigenvalue weighted by atomic mass is 35.5. The number of thioether (sulfide) groups is 1. The SMILES string of the molecule is CCN1/C(=C\C#Cc2n(CC)c3cc(Cl)c(Cl)cc3[n+]2CC)Sc2ccccc21. The number of aryl methyl sites for hydroxylation is 2. The van der Waals surface area contributed by atoms with E-state index in [4.69, 9.17) is 23.2 Å². The van der Waals surface area contributed by atoms with Crippen molar-refractivity contribution in [1.29, 1.82) is 0 Å². The van der Waals surface area contributed by atoms with Crippen molar-refractivity contribution in [3.8, 4) is 11.8 Å². The number of imidazole rings is 1. The van der Waals surface area contributed by atoms with Crippen LogP contribution in [0.15, 0.2) is 52.4 Å². The summed E-state index contributed by atoms with van der Waals surface area (Å²) in [7, 11) is 0. The summed E-state index contributed by atoms with van der Waals surface area (Å²) in [5.41, 5.74) is 3.36. The van der Waals surface area contributed by atoms with Crippen LogP contribution in [0.4, 0.5) is 5.69 Å². The minimum absolute atomic E-state index is 0.565. The van der Waals surface area contributed by atoms with Gasteiger partial charge in [0.15, 0.2) is 11.0 Å². The van der Waals surface area contributed by atoms with E-state index in [0.29, 0.717) is 10.0 Å². The maximum atomic E-state index is 6.28. The Morgan fingerprint density at radius 3 is 2.55 bits per heavy atom. The fourth-order valence-corrected chi connectivity index (χ4v) is 5.18. The van der Waals surface area contributed by atoms with Crippen molar-refractivity contribution in [2.45, 2.75) is 38.8 Å². The zero-order valence-electron chi connectivity index (χ0n) is 16.7. The van der Waals surface area contributed by atoms with Crippen molar-refractivity contribution in [1.82, 2.24) is 4.57 Å². The molecule has 3 aromatic rings. The largest absolute Gasteiger partial charge is 0.336 e. The average molecular weight is 443 g/mol. The first kappa shape index (κ1) is 20.2. The monoisotopic (exact) mass is 442 g/mol. The lowest BCUT2D eigenvalue weighted by molar-refractivity contribution is -0.671. The van der Waals surface area contributed by atoms with E-state index in [2.05, 4.69) is 70.9 Å². The van der Waals surface area contributed by atoms with Gasteiger partial charge in [0.2, 0.25) is 0 Å². The highest BCUT2D eigenvalue weighted by molar-refractivity contribution is 8.03. The average Bonchev–Trinajstić information content (AvgIpc) is 3.22. The third kappa shape index (κ3) is 3.53. The second-order valence-corrected chi connectivity index (χ2v) is 8.51. The van der Waals surface area contributed by atoms with E-state index in [0.717, 1.165) is 41.5 Å². The van der Waals surface area contributed by atoms with Gasteiger partial charge < -0.3 is 4.90 Å². The van der Waals surface area contributed by atoms with Crippen molar-refractivity contribution < 1.29 is 4.57 Å². The summed E-state index contributed by atoms with van der Waals surface area (Å²) in [6.07, 6.45) is 2.02. The van der Waals surface area contributed by atoms with Gasteiger partial charge in [0.1, 0.15) is 0 Å². The van der Waals surface area contributed by atoms with Crippen molar-refractivity contribution >= 4 is 51.7 Å². The molecule has 29 heavy (non-hydrogen) atoms. The van der Waals surface area contributed by atoms with Gasteiger partial charge >= 0.3 is 5.82 Å². The third-order valence-corrected chi connectivity index (χ3v) is 6.91. The standard InChI is InChI=1S/C23H22Cl2N3S/c1-4-26-19-14-16(24)17(25)15-20(19)27(5-2)22(26)12-9-13-23-28(6-3)18-10-7-8-11-21(18)29-23/h7-8,10-11,13-15H,4-6H2,1-3H3/q+1. The number of aromatic nitrogens is 2. The van der Waals surface area contributed by atoms with Crippen molar-refractivity contribution in [3.63, 3.8) is 0 Å². The first-order valence-corrected chi connectivity index (χ1v) is 11.3. The molecular weight excluding hydrogens is 421 g/mol. The molecule has 0 radical (unpaired) electrons. The van der Waals surface area contributed by atoms with E-state index in [1.54, 1.807) is 11.8 Å². The van der Waals surface area contributed by atoms with Gasteiger partial charge in [-0.25, -0.2) is 9.13 Å². The van der Waals surface area contributed by atoms with Crippen LogP contribution < -0.4 is 9.47 Å². The summed E-state index contributed by atoms with van der Waals surface area (Å²) < 4.78 is 4.39. The molecule has 0 atom stereocenters. The number of halogens is 2. The topological polar surface area (TPSA) is 12.1 Å². The van der Waals surface area contributed by atoms with Gasteiger partial charge in [-0.05, 0) is 32.9 Å². The van der Waals surface area contributed by atoms with E-state index in [1.807, 2.05) is 18.2 Å². The maximum Gasteiger partial charge on any atom is 0.336 e. The Labute approximate surface area is 185 Å². The second-order valence-electron chi connectivity index (χ2n) is 6.63. The summed E-state index contributed by atoms with van der Waals surface area (Å²) in [6.45, 7) is 8.94. The molecule has 0 saturated carbocycles. The van der Waals surface area contributed by atoms with E-state index in [9.17, 15) is 0 Å². The zero-order chi connectivity index (χ0) is 20.5. The predicted octanol–water partition coefficient (Wildman–Crippen LogP) is 6.10. The first-order valence-electron chi connectivity index (χ1n) is 9.76. The normalized spacial score (nSPS) is 14.4. The Bertz CT molecular complexity index is 1140. The number of hydrogen-bond acceptors (Lipinski definition) is 2. The highest BCUT2D eigenvalue weighted by Gasteiger charge is 2.24. The van der Waals surface area contributed by atoms with Crippen LogP contribution in [0.2, 0.25) is 10.0 Å². The van der Waals surface area contributed by atoms with Crippen LogP contribution in [0.3, 0.4) is 0 Å². The molecule has 0 aliphatic carbocycles. The maximum absolute atomic E-state index is 6.28. The number of fused-ring (bicyclic) bond motifs is 2.